The van der Waals surface area contributed by atoms with E-state index >= 15 is 0 Å². The number of amides is 2. The molecule has 4 aromatic carbocycles. The second-order valence-corrected chi connectivity index (χ2v) is 12.9. The SMILES string of the molecule is CCCNC(=O)C(Cc1ccccc1)N(Cc1ccc(C)cc1)C(=O)CN(c1ccc(OC)c(Cl)c1)S(=O)(=O)c1ccccc1. The molecule has 0 bridgehead atoms. The lowest BCUT2D eigenvalue weighted by atomic mass is 10.0. The highest BCUT2D eigenvalue weighted by atomic mass is 35.5. The predicted molar refractivity (Wildman–Crippen MR) is 178 cm³/mol. The van der Waals surface area contributed by atoms with Crippen molar-refractivity contribution in [2.75, 3.05) is 24.5 Å². The van der Waals surface area contributed by atoms with Crippen LogP contribution in [0.2, 0.25) is 5.02 Å². The van der Waals surface area contributed by atoms with Crippen LogP contribution in [-0.4, -0.2) is 51.4 Å². The van der Waals surface area contributed by atoms with E-state index in [1.54, 1.807) is 24.3 Å². The van der Waals surface area contributed by atoms with Gasteiger partial charge >= 0.3 is 0 Å². The number of halogens is 1. The summed E-state index contributed by atoms with van der Waals surface area (Å²) >= 11 is 6.42. The number of nitrogens with zero attached hydrogens (tertiary/aromatic N) is 2. The summed E-state index contributed by atoms with van der Waals surface area (Å²) in [6.07, 6.45) is 0.963. The Morgan fingerprint density at radius 2 is 1.53 bits per heavy atom. The average molecular weight is 648 g/mol. The number of hydrogen-bond donors (Lipinski definition) is 1. The molecule has 0 saturated heterocycles. The second-order valence-electron chi connectivity index (χ2n) is 10.6. The number of benzene rings is 4. The van der Waals surface area contributed by atoms with Crippen molar-refractivity contribution in [2.24, 2.45) is 0 Å². The van der Waals surface area contributed by atoms with Crippen LogP contribution >= 0.6 is 11.6 Å². The molecule has 0 aliphatic carbocycles. The number of carbonyl (C=O) groups excluding carboxylic acids is 2. The number of aryl methyl sites for hydroxylation is 1. The lowest BCUT2D eigenvalue weighted by Crippen LogP contribution is -2.53. The van der Waals surface area contributed by atoms with Crippen molar-refractivity contribution in [3.63, 3.8) is 0 Å². The van der Waals surface area contributed by atoms with E-state index in [-0.39, 0.29) is 34.5 Å². The van der Waals surface area contributed by atoms with Crippen molar-refractivity contribution in [1.29, 1.82) is 0 Å². The smallest absolute Gasteiger partial charge is 0.264 e. The molecule has 0 aliphatic heterocycles. The zero-order chi connectivity index (χ0) is 32.4. The molecule has 1 unspecified atom stereocenters. The molecule has 8 nitrogen and oxygen atoms in total. The molecule has 45 heavy (non-hydrogen) atoms. The molecular formula is C35H38ClN3O5S. The summed E-state index contributed by atoms with van der Waals surface area (Å²) in [5.74, 6) is -0.499. The molecule has 1 atom stereocenters. The van der Waals surface area contributed by atoms with E-state index in [0.717, 1.165) is 27.4 Å². The van der Waals surface area contributed by atoms with Crippen LogP contribution in [0, 0.1) is 6.92 Å². The van der Waals surface area contributed by atoms with Gasteiger partial charge in [0.1, 0.15) is 18.3 Å². The third kappa shape index (κ3) is 8.65. The van der Waals surface area contributed by atoms with Gasteiger partial charge < -0.3 is 15.0 Å². The van der Waals surface area contributed by atoms with Crippen LogP contribution in [0.3, 0.4) is 0 Å². The van der Waals surface area contributed by atoms with E-state index < -0.39 is 28.5 Å². The highest BCUT2D eigenvalue weighted by Gasteiger charge is 2.34. The highest BCUT2D eigenvalue weighted by Crippen LogP contribution is 2.32. The van der Waals surface area contributed by atoms with Crippen molar-refractivity contribution >= 4 is 39.1 Å². The molecule has 0 fully saturated rings. The molecule has 0 radical (unpaired) electrons. The second kappa shape index (κ2) is 15.6. The summed E-state index contributed by atoms with van der Waals surface area (Å²) in [5.41, 5.74) is 2.91. The van der Waals surface area contributed by atoms with Gasteiger partial charge in [0.15, 0.2) is 0 Å². The van der Waals surface area contributed by atoms with Crippen LogP contribution < -0.4 is 14.4 Å². The Kier molecular flexibility index (Phi) is 11.6. The highest BCUT2D eigenvalue weighted by molar-refractivity contribution is 7.92. The fourth-order valence-corrected chi connectivity index (χ4v) is 6.55. The fourth-order valence-electron chi connectivity index (χ4n) is 4.87. The van der Waals surface area contributed by atoms with Crippen LogP contribution in [0.4, 0.5) is 5.69 Å². The van der Waals surface area contributed by atoms with Gasteiger partial charge in [-0.2, -0.15) is 0 Å². The molecule has 0 spiro atoms. The fraction of sp³-hybridized carbons (Fsp3) is 0.257. The Bertz CT molecular complexity index is 1680. The Labute approximate surface area is 270 Å². The van der Waals surface area contributed by atoms with Crippen LogP contribution in [0.15, 0.2) is 108 Å². The summed E-state index contributed by atoms with van der Waals surface area (Å²) in [7, 11) is -2.77. The Hall–Kier alpha value is -4.34. The van der Waals surface area contributed by atoms with Crippen LogP contribution in [0.5, 0.6) is 5.75 Å². The quantitative estimate of drug-likeness (QED) is 0.181. The maximum atomic E-state index is 14.5. The van der Waals surface area contributed by atoms with E-state index in [1.165, 1.54) is 36.3 Å². The van der Waals surface area contributed by atoms with Gasteiger partial charge in [0.2, 0.25) is 11.8 Å². The maximum absolute atomic E-state index is 14.5. The minimum atomic E-state index is -4.23. The number of ether oxygens (including phenoxy) is 1. The number of rotatable bonds is 14. The Balaban J connectivity index is 1.81. The Morgan fingerprint density at radius 1 is 0.889 bits per heavy atom. The van der Waals surface area contributed by atoms with E-state index in [0.29, 0.717) is 12.3 Å². The minimum Gasteiger partial charge on any atom is -0.495 e. The standard InChI is InChI=1S/C35H38ClN3O5S/c1-4-21-37-35(41)32(22-27-11-7-5-8-12-27)38(24-28-17-15-26(2)16-18-28)34(40)25-39(29-19-20-33(44-3)31(36)23-29)45(42,43)30-13-9-6-10-14-30/h5-20,23,32H,4,21-22,24-25H2,1-3H3,(H,37,41). The lowest BCUT2D eigenvalue weighted by molar-refractivity contribution is -0.140. The predicted octanol–water partition coefficient (Wildman–Crippen LogP) is 6.02. The normalized spacial score (nSPS) is 11.8. The van der Waals surface area contributed by atoms with E-state index in [4.69, 9.17) is 16.3 Å². The first-order valence-corrected chi connectivity index (χ1v) is 16.5. The summed E-state index contributed by atoms with van der Waals surface area (Å²) < 4.78 is 34.5. The largest absolute Gasteiger partial charge is 0.495 e. The van der Waals surface area contributed by atoms with Gasteiger partial charge in [-0.15, -0.1) is 0 Å². The van der Waals surface area contributed by atoms with Gasteiger partial charge in [-0.1, -0.05) is 96.9 Å². The average Bonchev–Trinajstić information content (AvgIpc) is 3.05. The van der Waals surface area contributed by atoms with Crippen LogP contribution in [0.25, 0.3) is 0 Å². The van der Waals surface area contributed by atoms with Crippen molar-refractivity contribution in [1.82, 2.24) is 10.2 Å². The first kappa shape index (κ1) is 33.6. The molecule has 1 N–H and O–H groups in total. The topological polar surface area (TPSA) is 96.0 Å². The van der Waals surface area contributed by atoms with Gasteiger partial charge in [-0.3, -0.25) is 13.9 Å². The molecule has 236 valence electrons. The molecule has 4 aromatic rings. The number of nitrogens with one attached hydrogen (secondary N) is 1. The van der Waals surface area contributed by atoms with Crippen molar-refractivity contribution in [3.8, 4) is 5.75 Å². The summed E-state index contributed by atoms with van der Waals surface area (Å²) in [5, 5.41) is 3.14. The Morgan fingerprint density at radius 3 is 2.13 bits per heavy atom. The first-order chi connectivity index (χ1) is 21.6. The van der Waals surface area contributed by atoms with E-state index in [1.807, 2.05) is 68.4 Å². The van der Waals surface area contributed by atoms with Crippen molar-refractivity contribution in [3.05, 3.63) is 125 Å². The lowest BCUT2D eigenvalue weighted by Gasteiger charge is -2.34. The third-order valence-electron chi connectivity index (χ3n) is 7.33. The molecule has 0 aliphatic rings. The molecular weight excluding hydrogens is 610 g/mol. The molecule has 0 saturated carbocycles. The van der Waals surface area contributed by atoms with Crippen molar-refractivity contribution in [2.45, 2.75) is 44.2 Å². The molecule has 0 aromatic heterocycles. The summed E-state index contributed by atoms with van der Waals surface area (Å²) in [6.45, 7) is 3.88. The number of methoxy groups -OCH3 is 1. The molecule has 10 heteroatoms. The zero-order valence-electron chi connectivity index (χ0n) is 25.6. The molecule has 4 rings (SSSR count). The van der Waals surface area contributed by atoms with Gasteiger partial charge in [0.25, 0.3) is 10.0 Å². The number of hydrogen-bond acceptors (Lipinski definition) is 5. The number of anilines is 1. The van der Waals surface area contributed by atoms with Gasteiger partial charge in [0, 0.05) is 19.5 Å². The first-order valence-electron chi connectivity index (χ1n) is 14.7. The summed E-state index contributed by atoms with van der Waals surface area (Å²) in [4.78, 5) is 29.7. The van der Waals surface area contributed by atoms with Gasteiger partial charge in [0.05, 0.1) is 22.7 Å². The molecule has 2 amide bonds. The number of carbonyl (C=O) groups is 2. The van der Waals surface area contributed by atoms with Crippen molar-refractivity contribution < 1.29 is 22.7 Å². The number of sulfonamides is 1. The third-order valence-corrected chi connectivity index (χ3v) is 9.41. The minimum absolute atomic E-state index is 0.0105. The molecule has 0 heterocycles. The zero-order valence-corrected chi connectivity index (χ0v) is 27.2. The monoisotopic (exact) mass is 647 g/mol. The van der Waals surface area contributed by atoms with E-state index in [9.17, 15) is 18.0 Å². The maximum Gasteiger partial charge on any atom is 0.264 e. The van der Waals surface area contributed by atoms with E-state index in [2.05, 4.69) is 5.32 Å². The van der Waals surface area contributed by atoms with Gasteiger partial charge in [-0.25, -0.2) is 8.42 Å². The van der Waals surface area contributed by atoms with Gasteiger partial charge in [-0.05, 0) is 54.8 Å². The van der Waals surface area contributed by atoms with Crippen LogP contribution in [0.1, 0.15) is 30.0 Å². The summed E-state index contributed by atoms with van der Waals surface area (Å²) in [6, 6.07) is 28.7. The van der Waals surface area contributed by atoms with Crippen LogP contribution in [-0.2, 0) is 32.6 Å².